The van der Waals surface area contributed by atoms with E-state index in [0.717, 1.165) is 5.56 Å². The first-order valence-electron chi connectivity index (χ1n) is 9.26. The quantitative estimate of drug-likeness (QED) is 0.802. The summed E-state index contributed by atoms with van der Waals surface area (Å²) in [5.41, 5.74) is 4.84. The van der Waals surface area contributed by atoms with Gasteiger partial charge < -0.3 is 9.47 Å². The number of nitrogens with one attached hydrogen (secondary N) is 1. The van der Waals surface area contributed by atoms with Gasteiger partial charge in [0, 0.05) is 18.7 Å². The maximum absolute atomic E-state index is 12.6. The van der Waals surface area contributed by atoms with Gasteiger partial charge in [-0.15, -0.1) is 11.3 Å². The third kappa shape index (κ3) is 4.87. The summed E-state index contributed by atoms with van der Waals surface area (Å²) in [5.74, 6) is 0.777. The fourth-order valence-electron chi connectivity index (χ4n) is 2.73. The third-order valence-electron chi connectivity index (χ3n) is 4.19. The van der Waals surface area contributed by atoms with Gasteiger partial charge in [-0.25, -0.2) is 9.99 Å². The highest BCUT2D eigenvalue weighted by molar-refractivity contribution is 7.17. The van der Waals surface area contributed by atoms with Crippen LogP contribution in [0.4, 0.5) is 0 Å². The number of ether oxygens (including phenoxy) is 2. The molecule has 1 fully saturated rings. The lowest BCUT2D eigenvalue weighted by Gasteiger charge is -2.26. The third-order valence-corrected chi connectivity index (χ3v) is 5.40. The van der Waals surface area contributed by atoms with Crippen molar-refractivity contribution in [2.45, 2.75) is 20.8 Å². The molecule has 0 bridgehead atoms. The molecule has 1 saturated heterocycles. The van der Waals surface area contributed by atoms with Crippen molar-refractivity contribution in [3.63, 3.8) is 0 Å². The van der Waals surface area contributed by atoms with Crippen LogP contribution in [-0.2, 0) is 4.74 Å². The Morgan fingerprint density at radius 1 is 1.43 bits per heavy atom. The van der Waals surface area contributed by atoms with Gasteiger partial charge in [-0.1, -0.05) is 13.8 Å². The monoisotopic (exact) mass is 400 g/mol. The van der Waals surface area contributed by atoms with Gasteiger partial charge in [0.05, 0.1) is 31.1 Å². The molecule has 7 nitrogen and oxygen atoms in total. The van der Waals surface area contributed by atoms with Crippen molar-refractivity contribution in [3.05, 3.63) is 34.3 Å². The lowest BCUT2D eigenvalue weighted by atomic mass is 10.1. The second-order valence-corrected chi connectivity index (χ2v) is 8.00. The molecule has 3 rings (SSSR count). The van der Waals surface area contributed by atoms with Crippen LogP contribution in [0.25, 0.3) is 10.6 Å². The van der Waals surface area contributed by atoms with Crippen LogP contribution >= 0.6 is 11.3 Å². The zero-order valence-corrected chi connectivity index (χ0v) is 17.1. The van der Waals surface area contributed by atoms with Crippen molar-refractivity contribution < 1.29 is 14.3 Å². The molecule has 2 heterocycles. The molecule has 1 aromatic heterocycles. The average molecular weight is 401 g/mol. The minimum atomic E-state index is -0.166. The molecule has 2 aromatic rings. The number of hydrazine groups is 1. The van der Waals surface area contributed by atoms with Crippen molar-refractivity contribution in [2.75, 3.05) is 32.9 Å². The van der Waals surface area contributed by atoms with Crippen LogP contribution in [-0.4, -0.2) is 48.8 Å². The van der Waals surface area contributed by atoms with E-state index < -0.39 is 0 Å². The van der Waals surface area contributed by atoms with Crippen LogP contribution in [0, 0.1) is 24.2 Å². The molecule has 1 aliphatic heterocycles. The molecule has 1 aliphatic rings. The van der Waals surface area contributed by atoms with Gasteiger partial charge in [-0.05, 0) is 31.0 Å². The van der Waals surface area contributed by atoms with E-state index in [2.05, 4.69) is 30.3 Å². The molecular weight excluding hydrogens is 376 g/mol. The first-order chi connectivity index (χ1) is 13.5. The molecule has 1 amide bonds. The number of hydrogen-bond donors (Lipinski definition) is 1. The molecule has 0 saturated carbocycles. The summed E-state index contributed by atoms with van der Waals surface area (Å²) in [7, 11) is 0. The summed E-state index contributed by atoms with van der Waals surface area (Å²) in [6, 6.07) is 7.61. The van der Waals surface area contributed by atoms with Crippen LogP contribution in [0.15, 0.2) is 18.2 Å². The van der Waals surface area contributed by atoms with Gasteiger partial charge in [0.1, 0.15) is 21.7 Å². The lowest BCUT2D eigenvalue weighted by molar-refractivity contribution is 0.0127. The van der Waals surface area contributed by atoms with Gasteiger partial charge in [-0.3, -0.25) is 10.2 Å². The molecule has 0 unspecified atom stereocenters. The van der Waals surface area contributed by atoms with Gasteiger partial charge in [0.15, 0.2) is 0 Å². The van der Waals surface area contributed by atoms with Crippen molar-refractivity contribution in [1.29, 1.82) is 5.26 Å². The summed E-state index contributed by atoms with van der Waals surface area (Å²) in [5, 5.41) is 12.0. The van der Waals surface area contributed by atoms with E-state index in [4.69, 9.17) is 9.47 Å². The molecule has 0 spiro atoms. The highest BCUT2D eigenvalue weighted by atomic mass is 32.1. The Morgan fingerprint density at radius 3 is 2.86 bits per heavy atom. The zero-order chi connectivity index (χ0) is 20.1. The number of carbonyl (C=O) groups is 1. The van der Waals surface area contributed by atoms with E-state index >= 15 is 0 Å². The van der Waals surface area contributed by atoms with Crippen molar-refractivity contribution in [1.82, 2.24) is 15.4 Å². The lowest BCUT2D eigenvalue weighted by Crippen LogP contribution is -2.48. The van der Waals surface area contributed by atoms with Crippen LogP contribution in [0.3, 0.4) is 0 Å². The van der Waals surface area contributed by atoms with Crippen LogP contribution in [0.1, 0.15) is 34.8 Å². The highest BCUT2D eigenvalue weighted by Gasteiger charge is 2.20. The van der Waals surface area contributed by atoms with Gasteiger partial charge in [0.2, 0.25) is 0 Å². The molecule has 148 valence electrons. The van der Waals surface area contributed by atoms with E-state index in [0.29, 0.717) is 65.7 Å². The minimum Gasteiger partial charge on any atom is -0.492 e. The largest absolute Gasteiger partial charge is 0.492 e. The smallest absolute Gasteiger partial charge is 0.277 e. The van der Waals surface area contributed by atoms with Gasteiger partial charge >= 0.3 is 0 Å². The fourth-order valence-corrected chi connectivity index (χ4v) is 3.69. The first-order valence-corrected chi connectivity index (χ1v) is 10.1. The number of thiazole rings is 1. The van der Waals surface area contributed by atoms with Gasteiger partial charge in [0.25, 0.3) is 5.91 Å². The van der Waals surface area contributed by atoms with Gasteiger partial charge in [-0.2, -0.15) is 5.26 Å². The Morgan fingerprint density at radius 2 is 2.18 bits per heavy atom. The predicted octanol–water partition coefficient (Wildman–Crippen LogP) is 3.00. The summed E-state index contributed by atoms with van der Waals surface area (Å²) in [6.07, 6.45) is 0. The van der Waals surface area contributed by atoms with Crippen molar-refractivity contribution in [2.24, 2.45) is 5.92 Å². The molecular formula is C20H24N4O3S. The average Bonchev–Trinajstić information content (AvgIpc) is 3.08. The number of aromatic nitrogens is 1. The summed E-state index contributed by atoms with van der Waals surface area (Å²) >= 11 is 1.32. The molecule has 0 atom stereocenters. The molecule has 0 aliphatic carbocycles. The van der Waals surface area contributed by atoms with E-state index in [1.807, 2.05) is 18.0 Å². The second kappa shape index (κ2) is 9.15. The number of carbonyl (C=O) groups excluding carboxylic acids is 1. The molecule has 0 radical (unpaired) electrons. The number of morpholine rings is 1. The normalized spacial score (nSPS) is 14.7. The van der Waals surface area contributed by atoms with Crippen LogP contribution in [0.5, 0.6) is 5.75 Å². The Kier molecular flexibility index (Phi) is 6.62. The topological polar surface area (TPSA) is 87.5 Å². The minimum absolute atomic E-state index is 0.166. The molecule has 8 heteroatoms. The Hall–Kier alpha value is -2.47. The first kappa shape index (κ1) is 20.3. The summed E-state index contributed by atoms with van der Waals surface area (Å²) in [4.78, 5) is 17.7. The Labute approximate surface area is 168 Å². The number of benzene rings is 1. The van der Waals surface area contributed by atoms with E-state index in [9.17, 15) is 10.1 Å². The zero-order valence-electron chi connectivity index (χ0n) is 16.3. The van der Waals surface area contributed by atoms with E-state index in [1.165, 1.54) is 11.3 Å². The highest BCUT2D eigenvalue weighted by Crippen LogP contribution is 2.31. The predicted molar refractivity (Wildman–Crippen MR) is 107 cm³/mol. The molecule has 1 aromatic carbocycles. The summed E-state index contributed by atoms with van der Waals surface area (Å²) in [6.45, 7) is 9.03. The van der Waals surface area contributed by atoms with E-state index in [1.54, 1.807) is 12.1 Å². The maximum Gasteiger partial charge on any atom is 0.277 e. The Balaban J connectivity index is 1.78. The number of nitrogens with zero attached hydrogens (tertiary/aromatic N) is 3. The van der Waals surface area contributed by atoms with Crippen molar-refractivity contribution >= 4 is 17.2 Å². The number of aryl methyl sites for hydroxylation is 1. The molecule has 1 N–H and O–H groups in total. The standard InChI is InChI=1S/C20H24N4O3S/c1-13(2)12-27-17-5-4-15(10-16(17)11-21)20-22-14(3)18(28-20)19(25)23-24-6-8-26-9-7-24/h4-5,10,13H,6-9,12H2,1-3H3,(H,23,25). The maximum atomic E-state index is 12.6. The number of nitriles is 1. The van der Waals surface area contributed by atoms with Crippen LogP contribution < -0.4 is 10.2 Å². The Bertz CT molecular complexity index is 882. The fraction of sp³-hybridized carbons (Fsp3) is 0.450. The number of amides is 1. The van der Waals surface area contributed by atoms with Crippen LogP contribution in [0.2, 0.25) is 0 Å². The second-order valence-electron chi connectivity index (χ2n) is 7.00. The van der Waals surface area contributed by atoms with Crippen molar-refractivity contribution in [3.8, 4) is 22.4 Å². The SMILES string of the molecule is Cc1nc(-c2ccc(OCC(C)C)c(C#N)c2)sc1C(=O)NN1CCOCC1. The number of rotatable bonds is 6. The molecule has 28 heavy (non-hydrogen) atoms. The summed E-state index contributed by atoms with van der Waals surface area (Å²) < 4.78 is 11.0. The van der Waals surface area contributed by atoms with E-state index in [-0.39, 0.29) is 5.91 Å². The number of hydrogen-bond acceptors (Lipinski definition) is 7.